The van der Waals surface area contributed by atoms with Crippen LogP contribution in [-0.4, -0.2) is 29.3 Å². The highest BCUT2D eigenvalue weighted by Crippen LogP contribution is 2.32. The summed E-state index contributed by atoms with van der Waals surface area (Å²) in [7, 11) is 0. The molecular weight excluding hydrogens is 370 g/mol. The van der Waals surface area contributed by atoms with Crippen LogP contribution in [-0.2, 0) is 4.79 Å². The zero-order chi connectivity index (χ0) is 20.3. The van der Waals surface area contributed by atoms with E-state index in [1.807, 2.05) is 38.1 Å². The molecule has 0 spiro atoms. The highest BCUT2D eigenvalue weighted by Gasteiger charge is 2.24. The minimum Gasteiger partial charge on any atom is -0.507 e. The summed E-state index contributed by atoms with van der Waals surface area (Å²) in [6.45, 7) is 9.92. The van der Waals surface area contributed by atoms with Gasteiger partial charge in [0.25, 0.3) is 5.91 Å². The number of phenols is 1. The smallest absolute Gasteiger partial charge is 0.264 e. The lowest BCUT2D eigenvalue weighted by molar-refractivity contribution is -0.115. The van der Waals surface area contributed by atoms with Gasteiger partial charge in [-0.3, -0.25) is 4.79 Å². The molecule has 1 fully saturated rings. The van der Waals surface area contributed by atoms with E-state index in [1.54, 1.807) is 12.1 Å². The third-order valence-electron chi connectivity index (χ3n) is 4.65. The fourth-order valence-corrected chi connectivity index (χ4v) is 3.93. The number of aliphatic imine (C=N–C) groups is 1. The second kappa shape index (κ2) is 8.52. The lowest BCUT2D eigenvalue weighted by atomic mass is 10.1. The second-order valence-corrected chi connectivity index (χ2v) is 7.72. The topological polar surface area (TPSA) is 64.9 Å². The molecular formula is C22H25N3O2S. The molecule has 1 saturated heterocycles. The number of hydrogen-bond acceptors (Lipinski definition) is 5. The molecule has 1 heterocycles. The average molecular weight is 396 g/mol. The van der Waals surface area contributed by atoms with E-state index in [0.29, 0.717) is 15.6 Å². The summed E-state index contributed by atoms with van der Waals surface area (Å²) >= 11 is 1.28. The number of carbonyl (C=O) groups excluding carboxylic acids is 1. The SMILES string of the molecule is CCN(CC)c1ccc(/C=C2\SC(=Nc3ccc(C)cc3C)NC2=O)c(O)c1. The van der Waals surface area contributed by atoms with Crippen LogP contribution in [0.25, 0.3) is 6.08 Å². The molecule has 1 aliphatic heterocycles. The number of nitrogens with one attached hydrogen (secondary N) is 1. The predicted molar refractivity (Wildman–Crippen MR) is 118 cm³/mol. The monoisotopic (exact) mass is 395 g/mol. The van der Waals surface area contributed by atoms with E-state index in [4.69, 9.17) is 0 Å². The molecule has 2 N–H and O–H groups in total. The molecule has 0 aromatic heterocycles. The molecule has 1 amide bonds. The highest BCUT2D eigenvalue weighted by atomic mass is 32.2. The number of hydrogen-bond donors (Lipinski definition) is 2. The van der Waals surface area contributed by atoms with Crippen molar-refractivity contribution >= 4 is 40.3 Å². The van der Waals surface area contributed by atoms with E-state index >= 15 is 0 Å². The van der Waals surface area contributed by atoms with Crippen molar-refractivity contribution in [3.63, 3.8) is 0 Å². The van der Waals surface area contributed by atoms with Gasteiger partial charge in [-0.25, -0.2) is 4.99 Å². The van der Waals surface area contributed by atoms with Gasteiger partial charge in [0, 0.05) is 30.4 Å². The fourth-order valence-electron chi connectivity index (χ4n) is 3.10. The Balaban J connectivity index is 1.83. The maximum absolute atomic E-state index is 12.3. The van der Waals surface area contributed by atoms with Gasteiger partial charge in [-0.15, -0.1) is 0 Å². The van der Waals surface area contributed by atoms with Crippen molar-refractivity contribution < 1.29 is 9.90 Å². The Morgan fingerprint density at radius 3 is 2.54 bits per heavy atom. The van der Waals surface area contributed by atoms with Crippen LogP contribution in [0.1, 0.15) is 30.5 Å². The van der Waals surface area contributed by atoms with Gasteiger partial charge in [-0.05, 0) is 69.3 Å². The number of thioether (sulfide) groups is 1. The molecule has 3 rings (SSSR count). The summed E-state index contributed by atoms with van der Waals surface area (Å²) in [6, 6.07) is 11.5. The molecule has 146 valence electrons. The largest absolute Gasteiger partial charge is 0.507 e. The Kier molecular flexibility index (Phi) is 6.09. The molecule has 5 nitrogen and oxygen atoms in total. The number of aromatic hydroxyl groups is 1. The Labute approximate surface area is 170 Å². The van der Waals surface area contributed by atoms with Gasteiger partial charge in [-0.2, -0.15) is 0 Å². The Bertz CT molecular complexity index is 962. The Hall–Kier alpha value is -2.73. The van der Waals surface area contributed by atoms with E-state index in [9.17, 15) is 9.90 Å². The number of amidine groups is 1. The molecule has 0 atom stereocenters. The summed E-state index contributed by atoms with van der Waals surface area (Å²) in [5.74, 6) is -0.0502. The number of nitrogens with zero attached hydrogens (tertiary/aromatic N) is 2. The standard InChI is InChI=1S/C22H25N3O2S/c1-5-25(6-2)17-9-8-16(19(26)13-17)12-20-21(27)24-22(28-20)23-18-10-7-14(3)11-15(18)4/h7-13,26H,5-6H2,1-4H3,(H,23,24,27)/b20-12-. The third kappa shape index (κ3) is 4.39. The predicted octanol–water partition coefficient (Wildman–Crippen LogP) is 4.75. The summed E-state index contributed by atoms with van der Waals surface area (Å²) in [4.78, 5) is 19.6. The van der Waals surface area contributed by atoms with Crippen molar-refractivity contribution in [2.75, 3.05) is 18.0 Å². The fraction of sp³-hybridized carbons (Fsp3) is 0.273. The molecule has 0 aliphatic carbocycles. The van der Waals surface area contributed by atoms with Gasteiger partial charge >= 0.3 is 0 Å². The summed E-state index contributed by atoms with van der Waals surface area (Å²) in [5, 5.41) is 13.7. The van der Waals surface area contributed by atoms with E-state index in [2.05, 4.69) is 35.1 Å². The molecule has 0 saturated carbocycles. The number of anilines is 1. The van der Waals surface area contributed by atoms with Crippen LogP contribution < -0.4 is 10.2 Å². The van der Waals surface area contributed by atoms with Crippen LogP contribution in [0.15, 0.2) is 46.3 Å². The number of carbonyl (C=O) groups is 1. The summed E-state index contributed by atoms with van der Waals surface area (Å²) in [5.41, 5.74) is 4.64. The van der Waals surface area contributed by atoms with Crippen molar-refractivity contribution in [1.82, 2.24) is 5.32 Å². The molecule has 0 bridgehead atoms. The van der Waals surface area contributed by atoms with Crippen molar-refractivity contribution in [3.05, 3.63) is 58.0 Å². The quantitative estimate of drug-likeness (QED) is 0.717. The lowest BCUT2D eigenvalue weighted by Gasteiger charge is -2.21. The molecule has 28 heavy (non-hydrogen) atoms. The zero-order valence-electron chi connectivity index (χ0n) is 16.6. The van der Waals surface area contributed by atoms with Gasteiger partial charge in [-0.1, -0.05) is 17.7 Å². The Morgan fingerprint density at radius 1 is 1.14 bits per heavy atom. The van der Waals surface area contributed by atoms with Gasteiger partial charge < -0.3 is 15.3 Å². The third-order valence-corrected chi connectivity index (χ3v) is 5.56. The van der Waals surface area contributed by atoms with Crippen LogP contribution in [0, 0.1) is 13.8 Å². The highest BCUT2D eigenvalue weighted by molar-refractivity contribution is 8.18. The molecule has 2 aromatic carbocycles. The van der Waals surface area contributed by atoms with Crippen LogP contribution in [0.4, 0.5) is 11.4 Å². The molecule has 1 aliphatic rings. The first-order valence-electron chi connectivity index (χ1n) is 9.36. The zero-order valence-corrected chi connectivity index (χ0v) is 17.4. The lowest BCUT2D eigenvalue weighted by Crippen LogP contribution is -2.21. The van der Waals surface area contributed by atoms with Crippen LogP contribution >= 0.6 is 11.8 Å². The van der Waals surface area contributed by atoms with E-state index in [0.717, 1.165) is 30.0 Å². The van der Waals surface area contributed by atoms with Crippen molar-refractivity contribution in [2.24, 2.45) is 4.99 Å². The first-order chi connectivity index (χ1) is 13.4. The number of phenolic OH excluding ortho intramolecular Hbond substituents is 1. The number of amides is 1. The number of rotatable bonds is 5. The van der Waals surface area contributed by atoms with Crippen LogP contribution in [0.3, 0.4) is 0 Å². The van der Waals surface area contributed by atoms with E-state index in [-0.39, 0.29) is 11.7 Å². The van der Waals surface area contributed by atoms with Gasteiger partial charge in [0.15, 0.2) is 5.17 Å². The van der Waals surface area contributed by atoms with Gasteiger partial charge in [0.05, 0.1) is 10.6 Å². The van der Waals surface area contributed by atoms with Crippen molar-refractivity contribution in [1.29, 1.82) is 0 Å². The van der Waals surface area contributed by atoms with Gasteiger partial charge in [0.2, 0.25) is 0 Å². The van der Waals surface area contributed by atoms with Crippen molar-refractivity contribution in [2.45, 2.75) is 27.7 Å². The normalized spacial score (nSPS) is 16.6. The van der Waals surface area contributed by atoms with Gasteiger partial charge in [0.1, 0.15) is 5.75 Å². The first kappa shape index (κ1) is 20.0. The number of aryl methyl sites for hydroxylation is 2. The Morgan fingerprint density at radius 2 is 1.89 bits per heavy atom. The van der Waals surface area contributed by atoms with Crippen LogP contribution in [0.5, 0.6) is 5.75 Å². The maximum atomic E-state index is 12.3. The van der Waals surface area contributed by atoms with E-state index in [1.165, 1.54) is 17.3 Å². The molecule has 6 heteroatoms. The van der Waals surface area contributed by atoms with Crippen molar-refractivity contribution in [3.8, 4) is 5.75 Å². The molecule has 2 aromatic rings. The average Bonchev–Trinajstić information content (AvgIpc) is 3.00. The number of benzene rings is 2. The minimum atomic E-state index is -0.208. The van der Waals surface area contributed by atoms with E-state index < -0.39 is 0 Å². The summed E-state index contributed by atoms with van der Waals surface area (Å²) < 4.78 is 0. The maximum Gasteiger partial charge on any atom is 0.264 e. The summed E-state index contributed by atoms with van der Waals surface area (Å²) in [6.07, 6.45) is 1.70. The molecule has 0 unspecified atom stereocenters. The minimum absolute atomic E-state index is 0.157. The van der Waals surface area contributed by atoms with Crippen LogP contribution in [0.2, 0.25) is 0 Å². The first-order valence-corrected chi connectivity index (χ1v) is 10.2. The second-order valence-electron chi connectivity index (χ2n) is 6.69. The molecule has 0 radical (unpaired) electrons.